The van der Waals surface area contributed by atoms with Gasteiger partial charge in [-0.05, 0) is 60.6 Å². The van der Waals surface area contributed by atoms with Crippen molar-refractivity contribution in [3.8, 4) is 5.75 Å². The number of carbonyl (C=O) groups excluding carboxylic acids is 1. The van der Waals surface area contributed by atoms with Crippen LogP contribution in [0.1, 0.15) is 12.0 Å². The Labute approximate surface area is 178 Å². The van der Waals surface area contributed by atoms with E-state index in [2.05, 4.69) is 0 Å². The zero-order valence-corrected chi connectivity index (χ0v) is 17.1. The highest BCUT2D eigenvalue weighted by Gasteiger charge is 2.62. The van der Waals surface area contributed by atoms with Gasteiger partial charge in [-0.25, -0.2) is 4.39 Å². The lowest BCUT2D eigenvalue weighted by Gasteiger charge is -2.49. The van der Waals surface area contributed by atoms with Gasteiger partial charge in [0.25, 0.3) is 0 Å². The number of benzene rings is 2. The minimum Gasteiger partial charge on any atom is -0.497 e. The second kappa shape index (κ2) is 7.21. The van der Waals surface area contributed by atoms with Crippen LogP contribution in [-0.2, 0) is 16.1 Å². The number of hydrogen-bond acceptors (Lipinski definition) is 5. The molecule has 0 radical (unpaired) electrons. The smallest absolute Gasteiger partial charge is 0.311 e. The molecule has 4 aliphatic rings. The Morgan fingerprint density at radius 2 is 1.87 bits per heavy atom. The van der Waals surface area contributed by atoms with Gasteiger partial charge < -0.3 is 24.4 Å². The van der Waals surface area contributed by atoms with Gasteiger partial charge in [0.2, 0.25) is 0 Å². The number of anilines is 1. The van der Waals surface area contributed by atoms with E-state index in [0.717, 1.165) is 17.0 Å². The molecule has 1 N–H and O–H groups in total. The standard InChI is InChI=1S/C22H21FN2O4S/c1-28-15-8-6-14(7-9-15)25-18-16-10-17(26)20(29-21(16)27)19(18)24(22(25)30)11-12-2-4-13(23)5-3-12/h2-9,16-20,26H,10-11H2,1H3/t16-,17-,18-,19-,20+/m1/s1. The Morgan fingerprint density at radius 3 is 2.53 bits per heavy atom. The van der Waals surface area contributed by atoms with Gasteiger partial charge in [-0.1, -0.05) is 12.1 Å². The first-order valence-electron chi connectivity index (χ1n) is 9.85. The number of rotatable bonds is 4. The summed E-state index contributed by atoms with van der Waals surface area (Å²) in [5.74, 6) is -0.352. The number of aliphatic hydroxyl groups is 1. The van der Waals surface area contributed by atoms with Crippen LogP contribution in [0.3, 0.4) is 0 Å². The molecule has 1 saturated carbocycles. The Balaban J connectivity index is 1.55. The number of thiocarbonyl (C=S) groups is 1. The van der Waals surface area contributed by atoms with Gasteiger partial charge in [-0.15, -0.1) is 0 Å². The first-order chi connectivity index (χ1) is 14.5. The fraction of sp³-hybridized carbons (Fsp3) is 0.364. The Kier molecular flexibility index (Phi) is 4.63. The molecule has 2 aromatic rings. The predicted molar refractivity (Wildman–Crippen MR) is 112 cm³/mol. The summed E-state index contributed by atoms with van der Waals surface area (Å²) in [6.07, 6.45) is -1.04. The van der Waals surface area contributed by atoms with E-state index in [-0.39, 0.29) is 23.9 Å². The molecule has 3 heterocycles. The van der Waals surface area contributed by atoms with Gasteiger partial charge in [0.1, 0.15) is 17.7 Å². The lowest BCUT2D eigenvalue weighted by atomic mass is 9.74. The topological polar surface area (TPSA) is 62.2 Å². The normalized spacial score (nSPS) is 29.8. The summed E-state index contributed by atoms with van der Waals surface area (Å²) >= 11 is 5.85. The lowest BCUT2D eigenvalue weighted by Crippen LogP contribution is -2.66. The molecule has 0 spiro atoms. The third-order valence-corrected chi connectivity index (χ3v) is 6.69. The fourth-order valence-electron chi connectivity index (χ4n) is 4.87. The van der Waals surface area contributed by atoms with E-state index in [4.69, 9.17) is 21.7 Å². The van der Waals surface area contributed by atoms with Gasteiger partial charge >= 0.3 is 5.97 Å². The summed E-state index contributed by atoms with van der Waals surface area (Å²) in [5, 5.41) is 11.1. The van der Waals surface area contributed by atoms with Crippen LogP contribution in [0.25, 0.3) is 0 Å². The molecule has 2 aromatic carbocycles. The molecule has 3 saturated heterocycles. The van der Waals surface area contributed by atoms with Crippen LogP contribution in [0.5, 0.6) is 5.75 Å². The van der Waals surface area contributed by atoms with Gasteiger partial charge in [0, 0.05) is 12.2 Å². The zero-order valence-electron chi connectivity index (χ0n) is 16.3. The quantitative estimate of drug-likeness (QED) is 0.593. The maximum absolute atomic E-state index is 13.4. The maximum Gasteiger partial charge on any atom is 0.311 e. The number of carbonyl (C=O) groups is 1. The van der Waals surface area contributed by atoms with Crippen molar-refractivity contribution in [2.24, 2.45) is 5.92 Å². The lowest BCUT2D eigenvalue weighted by molar-refractivity contribution is -0.194. The number of fused-ring (bicyclic) bond motifs is 2. The van der Waals surface area contributed by atoms with E-state index in [1.54, 1.807) is 19.2 Å². The summed E-state index contributed by atoms with van der Waals surface area (Å²) in [7, 11) is 1.60. The molecule has 0 unspecified atom stereocenters. The average molecular weight is 428 g/mol. The average Bonchev–Trinajstić information content (AvgIpc) is 3.04. The van der Waals surface area contributed by atoms with Crippen LogP contribution in [0.2, 0.25) is 0 Å². The van der Waals surface area contributed by atoms with Crippen LogP contribution < -0.4 is 9.64 Å². The van der Waals surface area contributed by atoms with Crippen molar-refractivity contribution in [2.45, 2.75) is 37.3 Å². The summed E-state index contributed by atoms with van der Waals surface area (Å²) in [6, 6.07) is 13.3. The predicted octanol–water partition coefficient (Wildman–Crippen LogP) is 2.48. The molecule has 30 heavy (non-hydrogen) atoms. The first kappa shape index (κ1) is 19.3. The molecule has 6 nitrogen and oxygen atoms in total. The molecule has 0 amide bonds. The highest BCUT2D eigenvalue weighted by atomic mass is 32.1. The van der Waals surface area contributed by atoms with Gasteiger partial charge in [-0.2, -0.15) is 0 Å². The molecular weight excluding hydrogens is 407 g/mol. The van der Waals surface area contributed by atoms with E-state index in [1.807, 2.05) is 34.1 Å². The van der Waals surface area contributed by atoms with E-state index in [9.17, 15) is 14.3 Å². The van der Waals surface area contributed by atoms with E-state index >= 15 is 0 Å². The minimum atomic E-state index is -0.733. The first-order valence-corrected chi connectivity index (χ1v) is 10.3. The second-order valence-electron chi connectivity index (χ2n) is 7.90. The van der Waals surface area contributed by atoms with Gasteiger partial charge in [0.05, 0.1) is 31.2 Å². The molecule has 3 aliphatic heterocycles. The maximum atomic E-state index is 13.4. The van der Waals surface area contributed by atoms with Crippen LogP contribution in [0, 0.1) is 11.7 Å². The SMILES string of the molecule is COc1ccc(N2C(=S)N(Cc3ccc(F)cc3)[C@H]3[C@H]4OC(=O)[C@H](C[C@H]4O)[C@H]32)cc1. The number of hydrogen-bond donors (Lipinski definition) is 1. The molecule has 6 rings (SSSR count). The van der Waals surface area contributed by atoms with Crippen LogP contribution in [0.15, 0.2) is 48.5 Å². The van der Waals surface area contributed by atoms with Crippen molar-refractivity contribution < 1.29 is 23.8 Å². The monoisotopic (exact) mass is 428 g/mol. The van der Waals surface area contributed by atoms with Crippen molar-refractivity contribution in [1.82, 2.24) is 4.90 Å². The third kappa shape index (κ3) is 2.94. The van der Waals surface area contributed by atoms with E-state index in [0.29, 0.717) is 18.1 Å². The molecule has 8 heteroatoms. The van der Waals surface area contributed by atoms with Crippen molar-refractivity contribution in [3.05, 3.63) is 59.9 Å². The Hall–Kier alpha value is -2.71. The van der Waals surface area contributed by atoms with Crippen LogP contribution >= 0.6 is 12.2 Å². The third-order valence-electron chi connectivity index (χ3n) is 6.25. The van der Waals surface area contributed by atoms with E-state index in [1.165, 1.54) is 12.1 Å². The number of esters is 1. The minimum absolute atomic E-state index is 0.235. The van der Waals surface area contributed by atoms with Crippen LogP contribution in [-0.4, -0.2) is 52.5 Å². The molecule has 4 fully saturated rings. The van der Waals surface area contributed by atoms with Crippen molar-refractivity contribution in [1.29, 1.82) is 0 Å². The molecule has 156 valence electrons. The summed E-state index contributed by atoms with van der Waals surface area (Å²) in [5.41, 5.74) is 1.74. The molecule has 2 bridgehead atoms. The largest absolute Gasteiger partial charge is 0.497 e. The fourth-order valence-corrected chi connectivity index (χ4v) is 5.29. The van der Waals surface area contributed by atoms with Crippen LogP contribution in [0.4, 0.5) is 10.1 Å². The number of aliphatic hydroxyl groups excluding tert-OH is 1. The highest BCUT2D eigenvalue weighted by molar-refractivity contribution is 7.80. The number of halogens is 1. The van der Waals surface area contributed by atoms with Gasteiger partial charge in [-0.3, -0.25) is 4.79 Å². The summed E-state index contributed by atoms with van der Waals surface area (Å²) in [6.45, 7) is 0.431. The zero-order chi connectivity index (χ0) is 21.0. The van der Waals surface area contributed by atoms with Crippen molar-refractivity contribution in [2.75, 3.05) is 12.0 Å². The Bertz CT molecular complexity index is 984. The highest BCUT2D eigenvalue weighted by Crippen LogP contribution is 2.46. The van der Waals surface area contributed by atoms with E-state index < -0.39 is 18.1 Å². The molecule has 1 aliphatic carbocycles. The van der Waals surface area contributed by atoms with Gasteiger partial charge in [0.15, 0.2) is 5.11 Å². The Morgan fingerprint density at radius 1 is 1.17 bits per heavy atom. The molecule has 0 aromatic heterocycles. The number of ether oxygens (including phenoxy) is 2. The second-order valence-corrected chi connectivity index (χ2v) is 8.26. The number of methoxy groups -OCH3 is 1. The van der Waals surface area contributed by atoms with Crippen molar-refractivity contribution >= 4 is 29.0 Å². The molecule has 5 atom stereocenters. The summed E-state index contributed by atoms with van der Waals surface area (Å²) in [4.78, 5) is 16.5. The molecular formula is C22H21FN2O4S. The number of nitrogens with zero attached hydrogens (tertiary/aromatic N) is 2. The summed E-state index contributed by atoms with van der Waals surface area (Å²) < 4.78 is 24.2. The van der Waals surface area contributed by atoms with Crippen molar-refractivity contribution in [3.63, 3.8) is 0 Å².